The predicted octanol–water partition coefficient (Wildman–Crippen LogP) is 2.19. The fraction of sp³-hybridized carbons (Fsp3) is 0.364. The summed E-state index contributed by atoms with van der Waals surface area (Å²) in [7, 11) is 0. The Hall–Kier alpha value is -0.580. The Labute approximate surface area is 108 Å². The second-order valence-electron chi connectivity index (χ2n) is 3.82. The van der Waals surface area contributed by atoms with Gasteiger partial charge in [-0.1, -0.05) is 27.5 Å². The molecular formula is C11H12BrClN2O. The first-order chi connectivity index (χ1) is 7.65. The van der Waals surface area contributed by atoms with E-state index < -0.39 is 0 Å². The summed E-state index contributed by atoms with van der Waals surface area (Å²) in [5.41, 5.74) is 0.589. The van der Waals surface area contributed by atoms with Gasteiger partial charge >= 0.3 is 0 Å². The van der Waals surface area contributed by atoms with E-state index in [4.69, 9.17) is 11.6 Å². The standard InChI is InChI=1S/C11H12BrClN2O/c12-8-3-7(4-9(13)5-8)11(16)15-10-1-2-14-6-10/h3-5,10,14H,1-2,6H2,(H,15,16)/t10-/m1/s1. The van der Waals surface area contributed by atoms with E-state index >= 15 is 0 Å². The molecule has 0 radical (unpaired) electrons. The zero-order chi connectivity index (χ0) is 11.5. The third-order valence-corrected chi connectivity index (χ3v) is 3.20. The summed E-state index contributed by atoms with van der Waals surface area (Å²) >= 11 is 9.21. The molecule has 5 heteroatoms. The Morgan fingerprint density at radius 1 is 1.50 bits per heavy atom. The minimum Gasteiger partial charge on any atom is -0.348 e. The molecule has 0 bridgehead atoms. The summed E-state index contributed by atoms with van der Waals surface area (Å²) in [6.45, 7) is 1.80. The zero-order valence-electron chi connectivity index (χ0n) is 8.59. The summed E-state index contributed by atoms with van der Waals surface area (Å²) in [5.74, 6) is -0.0723. The SMILES string of the molecule is O=C(N[C@@H]1CCNC1)c1cc(Cl)cc(Br)c1. The Bertz CT molecular complexity index is 385. The minimum absolute atomic E-state index is 0.0723. The molecule has 1 saturated heterocycles. The highest BCUT2D eigenvalue weighted by Gasteiger charge is 2.17. The lowest BCUT2D eigenvalue weighted by molar-refractivity contribution is 0.0940. The topological polar surface area (TPSA) is 41.1 Å². The first kappa shape index (κ1) is 11.9. The monoisotopic (exact) mass is 302 g/mol. The van der Waals surface area contributed by atoms with Crippen LogP contribution in [0.2, 0.25) is 5.02 Å². The van der Waals surface area contributed by atoms with Crippen molar-refractivity contribution in [2.75, 3.05) is 13.1 Å². The van der Waals surface area contributed by atoms with Gasteiger partial charge in [-0.25, -0.2) is 0 Å². The highest BCUT2D eigenvalue weighted by molar-refractivity contribution is 9.10. The number of carbonyl (C=O) groups excluding carboxylic acids is 1. The lowest BCUT2D eigenvalue weighted by atomic mass is 10.2. The van der Waals surface area contributed by atoms with Crippen molar-refractivity contribution in [1.29, 1.82) is 0 Å². The van der Waals surface area contributed by atoms with Crippen LogP contribution >= 0.6 is 27.5 Å². The number of carbonyl (C=O) groups is 1. The molecule has 1 fully saturated rings. The van der Waals surface area contributed by atoms with Crippen molar-refractivity contribution in [3.63, 3.8) is 0 Å². The van der Waals surface area contributed by atoms with Gasteiger partial charge in [0.25, 0.3) is 5.91 Å². The van der Waals surface area contributed by atoms with E-state index in [0.29, 0.717) is 10.6 Å². The number of hydrogen-bond acceptors (Lipinski definition) is 2. The fourth-order valence-corrected chi connectivity index (χ4v) is 2.59. The number of halogens is 2. The van der Waals surface area contributed by atoms with Crippen LogP contribution in [0.1, 0.15) is 16.8 Å². The molecule has 16 heavy (non-hydrogen) atoms. The third kappa shape index (κ3) is 2.97. The Balaban J connectivity index is 2.07. The summed E-state index contributed by atoms with van der Waals surface area (Å²) in [6, 6.07) is 5.42. The third-order valence-electron chi connectivity index (χ3n) is 2.52. The van der Waals surface area contributed by atoms with Gasteiger partial charge in [0.1, 0.15) is 0 Å². The summed E-state index contributed by atoms with van der Waals surface area (Å²) in [4.78, 5) is 11.9. The molecule has 1 atom stereocenters. The lowest BCUT2D eigenvalue weighted by Gasteiger charge is -2.11. The van der Waals surface area contributed by atoms with Crippen molar-refractivity contribution >= 4 is 33.4 Å². The van der Waals surface area contributed by atoms with Gasteiger partial charge in [0.15, 0.2) is 0 Å². The number of benzene rings is 1. The lowest BCUT2D eigenvalue weighted by Crippen LogP contribution is -2.36. The molecule has 1 heterocycles. The molecule has 1 aromatic rings. The molecule has 1 aromatic carbocycles. The zero-order valence-corrected chi connectivity index (χ0v) is 10.9. The maximum absolute atomic E-state index is 11.9. The van der Waals surface area contributed by atoms with Crippen LogP contribution in [-0.2, 0) is 0 Å². The van der Waals surface area contributed by atoms with Gasteiger partial charge in [-0.05, 0) is 31.2 Å². The highest BCUT2D eigenvalue weighted by atomic mass is 79.9. The van der Waals surface area contributed by atoms with Crippen LogP contribution in [0.4, 0.5) is 0 Å². The number of nitrogens with one attached hydrogen (secondary N) is 2. The molecule has 1 aliphatic rings. The molecule has 1 aliphatic heterocycles. The van der Waals surface area contributed by atoms with E-state index in [-0.39, 0.29) is 11.9 Å². The molecule has 0 aromatic heterocycles. The second-order valence-corrected chi connectivity index (χ2v) is 5.17. The van der Waals surface area contributed by atoms with Crippen molar-refractivity contribution in [3.05, 3.63) is 33.3 Å². The number of amides is 1. The average Bonchev–Trinajstić information content (AvgIpc) is 2.68. The molecule has 0 aliphatic carbocycles. The molecular weight excluding hydrogens is 291 g/mol. The van der Waals surface area contributed by atoms with Gasteiger partial charge in [-0.2, -0.15) is 0 Å². The van der Waals surface area contributed by atoms with E-state index in [9.17, 15) is 4.79 Å². The van der Waals surface area contributed by atoms with Crippen molar-refractivity contribution in [2.45, 2.75) is 12.5 Å². The van der Waals surface area contributed by atoms with Crippen LogP contribution < -0.4 is 10.6 Å². The molecule has 86 valence electrons. The van der Waals surface area contributed by atoms with Crippen molar-refractivity contribution in [1.82, 2.24) is 10.6 Å². The van der Waals surface area contributed by atoms with Crippen LogP contribution in [0, 0.1) is 0 Å². The minimum atomic E-state index is -0.0723. The normalized spacial score (nSPS) is 19.8. The summed E-state index contributed by atoms with van der Waals surface area (Å²) in [5, 5.41) is 6.73. The van der Waals surface area contributed by atoms with Gasteiger partial charge in [0.2, 0.25) is 0 Å². The first-order valence-electron chi connectivity index (χ1n) is 5.13. The van der Waals surface area contributed by atoms with E-state index in [1.54, 1.807) is 18.2 Å². The molecule has 1 amide bonds. The van der Waals surface area contributed by atoms with Gasteiger partial charge in [0, 0.05) is 27.6 Å². The van der Waals surface area contributed by atoms with E-state index in [1.165, 1.54) is 0 Å². The maximum Gasteiger partial charge on any atom is 0.251 e. The molecule has 0 spiro atoms. The summed E-state index contributed by atoms with van der Waals surface area (Å²) in [6.07, 6.45) is 0.980. The number of rotatable bonds is 2. The van der Waals surface area contributed by atoms with Crippen LogP contribution in [0.3, 0.4) is 0 Å². The molecule has 0 unspecified atom stereocenters. The average molecular weight is 304 g/mol. The van der Waals surface area contributed by atoms with E-state index in [1.807, 2.05) is 0 Å². The predicted molar refractivity (Wildman–Crippen MR) is 67.9 cm³/mol. The Kier molecular flexibility index (Phi) is 3.84. The van der Waals surface area contributed by atoms with Crippen molar-refractivity contribution < 1.29 is 4.79 Å². The van der Waals surface area contributed by atoms with Crippen molar-refractivity contribution in [3.8, 4) is 0 Å². The van der Waals surface area contributed by atoms with Gasteiger partial charge in [-0.3, -0.25) is 4.79 Å². The molecule has 0 saturated carbocycles. The van der Waals surface area contributed by atoms with Crippen LogP contribution in [0.5, 0.6) is 0 Å². The smallest absolute Gasteiger partial charge is 0.251 e. The summed E-state index contributed by atoms with van der Waals surface area (Å²) < 4.78 is 0.815. The largest absolute Gasteiger partial charge is 0.348 e. The molecule has 2 N–H and O–H groups in total. The molecule has 2 rings (SSSR count). The van der Waals surface area contributed by atoms with Crippen molar-refractivity contribution in [2.24, 2.45) is 0 Å². The number of hydrogen-bond donors (Lipinski definition) is 2. The van der Waals surface area contributed by atoms with Gasteiger partial charge in [-0.15, -0.1) is 0 Å². The van der Waals surface area contributed by atoms with Gasteiger partial charge < -0.3 is 10.6 Å². The van der Waals surface area contributed by atoms with E-state index in [0.717, 1.165) is 24.0 Å². The van der Waals surface area contributed by atoms with Crippen LogP contribution in [-0.4, -0.2) is 25.0 Å². The van der Waals surface area contributed by atoms with Crippen LogP contribution in [0.25, 0.3) is 0 Å². The second kappa shape index (κ2) is 5.17. The Morgan fingerprint density at radius 2 is 2.31 bits per heavy atom. The Morgan fingerprint density at radius 3 is 2.94 bits per heavy atom. The highest BCUT2D eigenvalue weighted by Crippen LogP contribution is 2.19. The quantitative estimate of drug-likeness (QED) is 0.879. The fourth-order valence-electron chi connectivity index (χ4n) is 1.73. The van der Waals surface area contributed by atoms with Gasteiger partial charge in [0.05, 0.1) is 0 Å². The molecule has 3 nitrogen and oxygen atoms in total. The van der Waals surface area contributed by atoms with Crippen LogP contribution in [0.15, 0.2) is 22.7 Å². The van der Waals surface area contributed by atoms with E-state index in [2.05, 4.69) is 26.6 Å². The first-order valence-corrected chi connectivity index (χ1v) is 6.30. The maximum atomic E-state index is 11.9.